The van der Waals surface area contributed by atoms with Gasteiger partial charge >= 0.3 is 0 Å². The van der Waals surface area contributed by atoms with E-state index in [1.807, 2.05) is 30.4 Å². The van der Waals surface area contributed by atoms with Crippen LogP contribution in [-0.4, -0.2) is 4.57 Å². The number of fused-ring (bicyclic) bond motifs is 5. The van der Waals surface area contributed by atoms with E-state index in [-0.39, 0.29) is 5.41 Å². The summed E-state index contributed by atoms with van der Waals surface area (Å²) in [6.07, 6.45) is 14.6. The topological polar surface area (TPSA) is 30.9 Å². The SMILES string of the molecule is C=C/C=C(\C=C/c1ccc2c(c1)C(C)(C)c1ccccc1-2)c1ccc2c(c1)c(/C=C\C)c(C=C)n2-c1ccccc1.Nc1ccc(-c2cccc3ccccc23)cc1. The summed E-state index contributed by atoms with van der Waals surface area (Å²) >= 11 is 0. The Kier molecular flexibility index (Phi) is 10.5. The van der Waals surface area contributed by atoms with Crippen LogP contribution in [0.25, 0.3) is 73.4 Å². The summed E-state index contributed by atoms with van der Waals surface area (Å²) in [6.45, 7) is 14.9. The van der Waals surface area contributed by atoms with Crippen LogP contribution in [0.5, 0.6) is 0 Å². The van der Waals surface area contributed by atoms with Crippen molar-refractivity contribution in [3.63, 3.8) is 0 Å². The summed E-state index contributed by atoms with van der Waals surface area (Å²) in [6, 6.07) is 55.6. The van der Waals surface area contributed by atoms with Crippen molar-refractivity contribution in [3.05, 3.63) is 229 Å². The van der Waals surface area contributed by atoms with Gasteiger partial charge in [-0.15, -0.1) is 0 Å². The van der Waals surface area contributed by atoms with Gasteiger partial charge in [-0.05, 0) is 110 Å². The smallest absolute Gasteiger partial charge is 0.0541 e. The number of para-hydroxylation sites is 1. The molecule has 2 N–H and O–H groups in total. The Balaban J connectivity index is 0.000000229. The fourth-order valence-electron chi connectivity index (χ4n) is 8.44. The van der Waals surface area contributed by atoms with E-state index in [1.165, 1.54) is 60.7 Å². The molecule has 282 valence electrons. The van der Waals surface area contributed by atoms with Crippen LogP contribution in [0.1, 0.15) is 54.3 Å². The summed E-state index contributed by atoms with van der Waals surface area (Å²) in [5.74, 6) is 0. The van der Waals surface area contributed by atoms with E-state index < -0.39 is 0 Å². The number of rotatable bonds is 8. The summed E-state index contributed by atoms with van der Waals surface area (Å²) in [5.41, 5.74) is 22.4. The zero-order chi connectivity index (χ0) is 40.2. The molecule has 2 heteroatoms. The van der Waals surface area contributed by atoms with Crippen molar-refractivity contribution < 1.29 is 0 Å². The number of allylic oxidation sites excluding steroid dienone is 5. The quantitative estimate of drug-likeness (QED) is 0.122. The van der Waals surface area contributed by atoms with E-state index in [2.05, 4.69) is 208 Å². The number of hydrogen-bond acceptors (Lipinski definition) is 1. The Morgan fingerprint density at radius 1 is 0.638 bits per heavy atom. The number of nitrogens with zero attached hydrogens (tertiary/aromatic N) is 1. The highest BCUT2D eigenvalue weighted by Gasteiger charge is 2.34. The first-order chi connectivity index (χ1) is 28.3. The molecular weight excluding hydrogens is 701 g/mol. The number of nitrogen functional groups attached to an aromatic ring is 1. The molecule has 0 radical (unpaired) electrons. The van der Waals surface area contributed by atoms with Gasteiger partial charge in [0.15, 0.2) is 0 Å². The molecule has 0 saturated heterocycles. The molecule has 0 spiro atoms. The molecule has 58 heavy (non-hydrogen) atoms. The number of hydrogen-bond donors (Lipinski definition) is 1. The predicted octanol–water partition coefficient (Wildman–Crippen LogP) is 15.0. The fourth-order valence-corrected chi connectivity index (χ4v) is 8.44. The van der Waals surface area contributed by atoms with Crippen molar-refractivity contribution >= 4 is 51.2 Å². The Bertz CT molecular complexity index is 2890. The normalized spacial score (nSPS) is 13.1. The van der Waals surface area contributed by atoms with Crippen LogP contribution < -0.4 is 5.73 Å². The summed E-state index contributed by atoms with van der Waals surface area (Å²) in [7, 11) is 0. The summed E-state index contributed by atoms with van der Waals surface area (Å²) in [5, 5.41) is 3.74. The van der Waals surface area contributed by atoms with Gasteiger partial charge in [0.25, 0.3) is 0 Å². The predicted molar refractivity (Wildman–Crippen MR) is 253 cm³/mol. The van der Waals surface area contributed by atoms with Crippen molar-refractivity contribution in [2.24, 2.45) is 0 Å². The maximum atomic E-state index is 5.72. The van der Waals surface area contributed by atoms with E-state index in [1.54, 1.807) is 0 Å². The molecule has 9 rings (SSSR count). The second-order valence-electron chi connectivity index (χ2n) is 15.2. The van der Waals surface area contributed by atoms with E-state index >= 15 is 0 Å². The van der Waals surface area contributed by atoms with Crippen LogP contribution in [0.4, 0.5) is 5.69 Å². The van der Waals surface area contributed by atoms with Gasteiger partial charge in [-0.2, -0.15) is 0 Å². The molecular formula is C56H48N2. The van der Waals surface area contributed by atoms with Crippen molar-refractivity contribution in [1.82, 2.24) is 4.57 Å². The lowest BCUT2D eigenvalue weighted by molar-refractivity contribution is 0.660. The lowest BCUT2D eigenvalue weighted by Gasteiger charge is -2.21. The molecule has 1 aliphatic carbocycles. The largest absolute Gasteiger partial charge is 0.399 e. The maximum absolute atomic E-state index is 5.72. The third-order valence-corrected chi connectivity index (χ3v) is 11.3. The zero-order valence-corrected chi connectivity index (χ0v) is 33.5. The van der Waals surface area contributed by atoms with E-state index in [9.17, 15) is 0 Å². The molecule has 8 aromatic rings. The molecule has 2 nitrogen and oxygen atoms in total. The van der Waals surface area contributed by atoms with Crippen LogP contribution in [0.2, 0.25) is 0 Å². The van der Waals surface area contributed by atoms with Crippen molar-refractivity contribution in [1.29, 1.82) is 0 Å². The molecule has 0 saturated carbocycles. The van der Waals surface area contributed by atoms with Gasteiger partial charge in [0.2, 0.25) is 0 Å². The minimum atomic E-state index is -0.0153. The molecule has 0 atom stereocenters. The van der Waals surface area contributed by atoms with Crippen LogP contribution in [0.15, 0.2) is 195 Å². The van der Waals surface area contributed by atoms with Gasteiger partial charge in [-0.25, -0.2) is 0 Å². The number of benzene rings is 7. The van der Waals surface area contributed by atoms with Gasteiger partial charge in [-0.3, -0.25) is 0 Å². The lowest BCUT2D eigenvalue weighted by atomic mass is 9.82. The monoisotopic (exact) mass is 748 g/mol. The standard InChI is InChI=1S/C40H35N.C16H13N/c1-6-14-29(22-20-28-21-24-33-32-18-12-13-19-36(32)40(4,5)37(33)26-28)30-23-25-39-35(27-30)34(15-7-2)38(8-3)41(39)31-16-10-9-11-17-31;17-14-10-8-13(9-11-14)16-7-3-5-12-4-1-2-6-15(12)16/h6-27H,1,3H2,2,4-5H3;1-11H,17H2/b15-7-,22-20-,29-14+;. The minimum absolute atomic E-state index is 0.0153. The molecule has 1 aliphatic rings. The highest BCUT2D eigenvalue weighted by molar-refractivity contribution is 5.99. The first-order valence-corrected chi connectivity index (χ1v) is 19.9. The van der Waals surface area contributed by atoms with Crippen LogP contribution >= 0.6 is 0 Å². The summed E-state index contributed by atoms with van der Waals surface area (Å²) in [4.78, 5) is 0. The molecule has 0 fully saturated rings. The van der Waals surface area contributed by atoms with Crippen molar-refractivity contribution in [2.45, 2.75) is 26.2 Å². The molecule has 1 aromatic heterocycles. The Hall–Kier alpha value is -7.16. The van der Waals surface area contributed by atoms with Gasteiger partial charge in [-0.1, -0.05) is 185 Å². The maximum Gasteiger partial charge on any atom is 0.0541 e. The highest BCUT2D eigenvalue weighted by atomic mass is 15.0. The van der Waals surface area contributed by atoms with Crippen LogP contribution in [0.3, 0.4) is 0 Å². The first-order valence-electron chi connectivity index (χ1n) is 19.9. The number of nitrogens with two attached hydrogens (primary N) is 1. The summed E-state index contributed by atoms with van der Waals surface area (Å²) < 4.78 is 2.29. The first kappa shape index (κ1) is 37.7. The van der Waals surface area contributed by atoms with Gasteiger partial charge < -0.3 is 10.3 Å². The fraction of sp³-hybridized carbons (Fsp3) is 0.0714. The van der Waals surface area contributed by atoms with E-state index in [4.69, 9.17) is 5.73 Å². The van der Waals surface area contributed by atoms with Gasteiger partial charge in [0.1, 0.15) is 0 Å². The zero-order valence-electron chi connectivity index (χ0n) is 33.5. The van der Waals surface area contributed by atoms with E-state index in [0.717, 1.165) is 33.7 Å². The van der Waals surface area contributed by atoms with Gasteiger partial charge in [0, 0.05) is 27.7 Å². The molecule has 0 bridgehead atoms. The number of aromatic nitrogens is 1. The third kappa shape index (κ3) is 7.06. The van der Waals surface area contributed by atoms with Crippen molar-refractivity contribution in [3.8, 4) is 27.9 Å². The van der Waals surface area contributed by atoms with E-state index in [0.29, 0.717) is 0 Å². The molecule has 0 unspecified atom stereocenters. The Labute approximate surface area is 343 Å². The minimum Gasteiger partial charge on any atom is -0.399 e. The average molecular weight is 749 g/mol. The van der Waals surface area contributed by atoms with Gasteiger partial charge in [0.05, 0.1) is 11.2 Å². The Morgan fingerprint density at radius 3 is 2.12 bits per heavy atom. The molecule has 0 amide bonds. The second kappa shape index (κ2) is 16.1. The van der Waals surface area contributed by atoms with Crippen LogP contribution in [0, 0.1) is 0 Å². The molecule has 0 aliphatic heterocycles. The van der Waals surface area contributed by atoms with Crippen molar-refractivity contribution in [2.75, 3.05) is 5.73 Å². The Morgan fingerprint density at radius 2 is 1.34 bits per heavy atom. The molecule has 7 aromatic carbocycles. The lowest BCUT2D eigenvalue weighted by Crippen LogP contribution is -2.14. The second-order valence-corrected chi connectivity index (χ2v) is 15.2. The molecule has 1 heterocycles. The highest BCUT2D eigenvalue weighted by Crippen LogP contribution is 2.48. The number of anilines is 1. The van der Waals surface area contributed by atoms with Crippen LogP contribution in [-0.2, 0) is 5.41 Å². The average Bonchev–Trinajstić information content (AvgIpc) is 3.69. The third-order valence-electron chi connectivity index (χ3n) is 11.3.